The van der Waals surface area contributed by atoms with Crippen LogP contribution in [0.2, 0.25) is 5.28 Å². The molecule has 18 heavy (non-hydrogen) atoms. The third-order valence-electron chi connectivity index (χ3n) is 2.01. The van der Waals surface area contributed by atoms with Crippen LogP contribution >= 0.6 is 11.6 Å². The zero-order chi connectivity index (χ0) is 13.8. The van der Waals surface area contributed by atoms with Crippen LogP contribution in [0.1, 0.15) is 19.5 Å². The third kappa shape index (κ3) is 4.66. The third-order valence-corrected chi connectivity index (χ3v) is 2.18. The number of alkyl halides is 3. The largest absolute Gasteiger partial charge is 0.433 e. The van der Waals surface area contributed by atoms with E-state index in [2.05, 4.69) is 15.3 Å². The molecule has 8 heteroatoms. The highest BCUT2D eigenvalue weighted by Gasteiger charge is 2.33. The summed E-state index contributed by atoms with van der Waals surface area (Å²) < 4.78 is 42.6. The van der Waals surface area contributed by atoms with Crippen LogP contribution in [-0.2, 0) is 10.9 Å². The van der Waals surface area contributed by atoms with Crippen molar-refractivity contribution in [1.82, 2.24) is 9.97 Å². The van der Waals surface area contributed by atoms with Crippen LogP contribution in [0, 0.1) is 0 Å². The van der Waals surface area contributed by atoms with Gasteiger partial charge in [-0.05, 0) is 25.4 Å². The minimum atomic E-state index is -4.55. The molecule has 0 aromatic carbocycles. The van der Waals surface area contributed by atoms with Crippen molar-refractivity contribution in [3.05, 3.63) is 17.0 Å². The molecule has 1 rings (SSSR count). The highest BCUT2D eigenvalue weighted by atomic mass is 35.5. The Morgan fingerprint density at radius 3 is 2.67 bits per heavy atom. The molecular formula is C10H13ClF3N3O. The molecule has 0 aliphatic carbocycles. The van der Waals surface area contributed by atoms with Gasteiger partial charge in [-0.25, -0.2) is 9.97 Å². The summed E-state index contributed by atoms with van der Waals surface area (Å²) in [5, 5.41) is 2.27. The van der Waals surface area contributed by atoms with Gasteiger partial charge in [0.25, 0.3) is 0 Å². The molecule has 4 nitrogen and oxygen atoms in total. The van der Waals surface area contributed by atoms with Gasteiger partial charge in [-0.3, -0.25) is 0 Å². The number of rotatable bonds is 5. The van der Waals surface area contributed by atoms with E-state index >= 15 is 0 Å². The minimum Gasteiger partial charge on any atom is -0.377 e. The maximum atomic E-state index is 12.5. The number of hydrogen-bond donors (Lipinski definition) is 1. The molecule has 0 amide bonds. The normalized spacial score (nSPS) is 13.4. The summed E-state index contributed by atoms with van der Waals surface area (Å²) in [5.74, 6) is 0.0221. The van der Waals surface area contributed by atoms with E-state index < -0.39 is 17.2 Å². The second kappa shape index (κ2) is 6.19. The van der Waals surface area contributed by atoms with E-state index in [1.807, 2.05) is 6.92 Å². The van der Waals surface area contributed by atoms with Gasteiger partial charge in [-0.2, -0.15) is 13.2 Å². The summed E-state index contributed by atoms with van der Waals surface area (Å²) in [5.41, 5.74) is -1.07. The Hall–Kier alpha value is -1.08. The Bertz CT molecular complexity index is 400. The Labute approximate surface area is 108 Å². The van der Waals surface area contributed by atoms with Crippen molar-refractivity contribution in [3.8, 4) is 0 Å². The van der Waals surface area contributed by atoms with E-state index in [1.165, 1.54) is 0 Å². The topological polar surface area (TPSA) is 47.0 Å². The fraction of sp³-hybridized carbons (Fsp3) is 0.600. The molecule has 0 aliphatic rings. The van der Waals surface area contributed by atoms with E-state index in [4.69, 9.17) is 16.3 Å². The van der Waals surface area contributed by atoms with Gasteiger partial charge in [-0.1, -0.05) is 0 Å². The monoisotopic (exact) mass is 283 g/mol. The molecule has 0 saturated carbocycles. The maximum Gasteiger partial charge on any atom is 0.433 e. The molecule has 1 aromatic rings. The van der Waals surface area contributed by atoms with Gasteiger partial charge in [0.2, 0.25) is 5.28 Å². The molecule has 1 atom stereocenters. The predicted molar refractivity (Wildman–Crippen MR) is 61.6 cm³/mol. The molecule has 0 fully saturated rings. The molecule has 1 aromatic heterocycles. The molecule has 1 unspecified atom stereocenters. The van der Waals surface area contributed by atoms with Crippen molar-refractivity contribution in [3.63, 3.8) is 0 Å². The van der Waals surface area contributed by atoms with Gasteiger partial charge in [-0.15, -0.1) is 0 Å². The number of ether oxygens (including phenoxy) is 1. The molecule has 1 heterocycles. The second-order valence-corrected chi connectivity index (χ2v) is 3.89. The van der Waals surface area contributed by atoms with Crippen molar-refractivity contribution < 1.29 is 17.9 Å². The van der Waals surface area contributed by atoms with Crippen LogP contribution in [-0.4, -0.2) is 29.2 Å². The summed E-state index contributed by atoms with van der Waals surface area (Å²) in [7, 11) is 0. The fourth-order valence-corrected chi connectivity index (χ4v) is 1.43. The van der Waals surface area contributed by atoms with Crippen LogP contribution in [0.3, 0.4) is 0 Å². The van der Waals surface area contributed by atoms with Crippen molar-refractivity contribution in [2.45, 2.75) is 26.1 Å². The lowest BCUT2D eigenvalue weighted by molar-refractivity contribution is -0.141. The van der Waals surface area contributed by atoms with Gasteiger partial charge in [0, 0.05) is 19.2 Å². The Morgan fingerprint density at radius 1 is 1.44 bits per heavy atom. The van der Waals surface area contributed by atoms with E-state index in [9.17, 15) is 13.2 Å². The van der Waals surface area contributed by atoms with Crippen LogP contribution in [0.4, 0.5) is 19.0 Å². The summed E-state index contributed by atoms with van der Waals surface area (Å²) >= 11 is 5.44. The summed E-state index contributed by atoms with van der Waals surface area (Å²) in [6, 6.07) is 0.810. The Morgan fingerprint density at radius 2 is 2.11 bits per heavy atom. The predicted octanol–water partition coefficient (Wildman–Crippen LogP) is 2.99. The van der Waals surface area contributed by atoms with Crippen molar-refractivity contribution in [1.29, 1.82) is 0 Å². The van der Waals surface area contributed by atoms with Crippen LogP contribution in [0.25, 0.3) is 0 Å². The van der Waals surface area contributed by atoms with Gasteiger partial charge < -0.3 is 10.1 Å². The zero-order valence-corrected chi connectivity index (χ0v) is 10.6. The first-order valence-electron chi connectivity index (χ1n) is 5.30. The van der Waals surface area contributed by atoms with Gasteiger partial charge in [0.15, 0.2) is 5.69 Å². The zero-order valence-electron chi connectivity index (χ0n) is 9.88. The fourth-order valence-electron chi connectivity index (χ4n) is 1.25. The lowest BCUT2D eigenvalue weighted by Gasteiger charge is -2.14. The van der Waals surface area contributed by atoms with E-state index in [1.54, 1.807) is 6.92 Å². The molecule has 0 spiro atoms. The lowest BCUT2D eigenvalue weighted by atomic mass is 10.3. The molecular weight excluding hydrogens is 271 g/mol. The number of halogens is 4. The first kappa shape index (κ1) is 15.0. The highest BCUT2D eigenvalue weighted by Crippen LogP contribution is 2.29. The number of hydrogen-bond acceptors (Lipinski definition) is 4. The number of aromatic nitrogens is 2. The highest BCUT2D eigenvalue weighted by molar-refractivity contribution is 6.28. The molecule has 0 aliphatic heterocycles. The van der Waals surface area contributed by atoms with Crippen molar-refractivity contribution in [2.75, 3.05) is 18.5 Å². The van der Waals surface area contributed by atoms with Crippen LogP contribution in [0.5, 0.6) is 0 Å². The van der Waals surface area contributed by atoms with E-state index in [0.29, 0.717) is 13.2 Å². The second-order valence-electron chi connectivity index (χ2n) is 3.55. The van der Waals surface area contributed by atoms with Crippen LogP contribution < -0.4 is 5.32 Å². The lowest BCUT2D eigenvalue weighted by Crippen LogP contribution is -2.21. The van der Waals surface area contributed by atoms with E-state index in [-0.39, 0.29) is 11.9 Å². The summed E-state index contributed by atoms with van der Waals surface area (Å²) in [6.45, 7) is 4.49. The summed E-state index contributed by atoms with van der Waals surface area (Å²) in [4.78, 5) is 6.79. The summed E-state index contributed by atoms with van der Waals surface area (Å²) in [6.07, 6.45) is -4.69. The Kier molecular flexibility index (Phi) is 5.15. The standard InChI is InChI=1S/C10H13ClF3N3O/c1-3-18-6(2)5-15-8-4-7(10(12,13)14)16-9(11)17-8/h4,6H,3,5H2,1-2H3,(H,15,16,17). The smallest absolute Gasteiger partial charge is 0.377 e. The maximum absolute atomic E-state index is 12.5. The van der Waals surface area contributed by atoms with Gasteiger partial charge >= 0.3 is 6.18 Å². The Balaban J connectivity index is 2.75. The average molecular weight is 284 g/mol. The minimum absolute atomic E-state index is 0.0221. The molecule has 0 radical (unpaired) electrons. The first-order chi connectivity index (χ1) is 8.32. The number of nitrogens with one attached hydrogen (secondary N) is 1. The van der Waals surface area contributed by atoms with Gasteiger partial charge in [0.05, 0.1) is 6.10 Å². The van der Waals surface area contributed by atoms with Crippen LogP contribution in [0.15, 0.2) is 6.07 Å². The van der Waals surface area contributed by atoms with Crippen molar-refractivity contribution >= 4 is 17.4 Å². The molecule has 0 saturated heterocycles. The van der Waals surface area contributed by atoms with E-state index in [0.717, 1.165) is 6.07 Å². The molecule has 0 bridgehead atoms. The quantitative estimate of drug-likeness (QED) is 0.844. The van der Waals surface area contributed by atoms with Crippen molar-refractivity contribution in [2.24, 2.45) is 0 Å². The molecule has 1 N–H and O–H groups in total. The van der Waals surface area contributed by atoms with Gasteiger partial charge in [0.1, 0.15) is 5.82 Å². The number of anilines is 1. The SMILES string of the molecule is CCOC(C)CNc1cc(C(F)(F)F)nc(Cl)n1. The molecule has 102 valence electrons. The first-order valence-corrected chi connectivity index (χ1v) is 5.68. The average Bonchev–Trinajstić information content (AvgIpc) is 2.25. The number of nitrogens with zero attached hydrogens (tertiary/aromatic N) is 2.